The highest BCUT2D eigenvalue weighted by atomic mass is 16.2. The molecule has 2 N–H and O–H groups in total. The van der Waals surface area contributed by atoms with E-state index in [0.29, 0.717) is 17.2 Å². The smallest absolute Gasteiger partial charge is 0.272 e. The number of carbonyl (C=O) groups is 1. The molecule has 0 saturated heterocycles. The number of hydrogen-bond acceptors (Lipinski definition) is 4. The van der Waals surface area contributed by atoms with E-state index in [-0.39, 0.29) is 23.3 Å². The third kappa shape index (κ3) is 3.34. The number of anilines is 1. The summed E-state index contributed by atoms with van der Waals surface area (Å²) in [7, 11) is 1.78. The first-order valence-corrected chi connectivity index (χ1v) is 7.70. The van der Waals surface area contributed by atoms with E-state index in [1.54, 1.807) is 13.2 Å². The van der Waals surface area contributed by atoms with Gasteiger partial charge in [-0.1, -0.05) is 34.1 Å². The first kappa shape index (κ1) is 15.7. The van der Waals surface area contributed by atoms with E-state index in [4.69, 9.17) is 0 Å². The predicted molar refractivity (Wildman–Crippen MR) is 84.6 cm³/mol. The van der Waals surface area contributed by atoms with Crippen molar-refractivity contribution in [3.05, 3.63) is 17.7 Å². The molecule has 21 heavy (non-hydrogen) atoms. The first-order valence-electron chi connectivity index (χ1n) is 7.70. The van der Waals surface area contributed by atoms with Gasteiger partial charge in [-0.2, -0.15) is 0 Å². The summed E-state index contributed by atoms with van der Waals surface area (Å²) in [5.74, 6) is 0.791. The van der Waals surface area contributed by atoms with Gasteiger partial charge >= 0.3 is 0 Å². The molecule has 1 saturated carbocycles. The molecule has 1 unspecified atom stereocenters. The molecule has 5 nitrogen and oxygen atoms in total. The molecule has 0 radical (unpaired) electrons. The zero-order valence-electron chi connectivity index (χ0n) is 13.7. The molecular weight excluding hydrogens is 264 g/mol. The Morgan fingerprint density at radius 1 is 1.43 bits per heavy atom. The molecule has 1 atom stereocenters. The molecule has 1 heterocycles. The van der Waals surface area contributed by atoms with Crippen molar-refractivity contribution in [1.82, 2.24) is 15.3 Å². The monoisotopic (exact) mass is 290 g/mol. The number of aromatic nitrogens is 2. The van der Waals surface area contributed by atoms with E-state index in [1.807, 2.05) is 13.8 Å². The van der Waals surface area contributed by atoms with Crippen LogP contribution in [0.1, 0.15) is 69.2 Å². The summed E-state index contributed by atoms with van der Waals surface area (Å²) in [6.07, 6.45) is 5.04. The summed E-state index contributed by atoms with van der Waals surface area (Å²) < 4.78 is 0. The zero-order chi connectivity index (χ0) is 15.6. The van der Waals surface area contributed by atoms with Crippen LogP contribution in [0.3, 0.4) is 0 Å². The van der Waals surface area contributed by atoms with Crippen LogP contribution < -0.4 is 10.6 Å². The maximum atomic E-state index is 12.6. The Bertz CT molecular complexity index is 525. The van der Waals surface area contributed by atoms with Crippen LogP contribution in [0.25, 0.3) is 0 Å². The van der Waals surface area contributed by atoms with Crippen molar-refractivity contribution in [2.75, 3.05) is 12.4 Å². The van der Waals surface area contributed by atoms with Crippen LogP contribution in [-0.4, -0.2) is 29.0 Å². The van der Waals surface area contributed by atoms with Gasteiger partial charge in [0, 0.05) is 19.0 Å². The molecule has 2 rings (SSSR count). The molecule has 0 spiro atoms. The summed E-state index contributed by atoms with van der Waals surface area (Å²) >= 11 is 0. The normalized spacial score (nSPS) is 20.6. The second-order valence-corrected chi connectivity index (χ2v) is 6.80. The van der Waals surface area contributed by atoms with E-state index in [0.717, 1.165) is 19.3 Å². The number of nitrogens with one attached hydrogen (secondary N) is 2. The van der Waals surface area contributed by atoms with Gasteiger partial charge in [-0.3, -0.25) is 4.79 Å². The Balaban J connectivity index is 2.23. The minimum atomic E-state index is -0.108. The molecule has 116 valence electrons. The minimum Gasteiger partial charge on any atom is -0.385 e. The quantitative estimate of drug-likeness (QED) is 0.894. The summed E-state index contributed by atoms with van der Waals surface area (Å²) in [5.41, 5.74) is 1.27. The fourth-order valence-electron chi connectivity index (χ4n) is 2.85. The maximum Gasteiger partial charge on any atom is 0.272 e. The van der Waals surface area contributed by atoms with E-state index >= 15 is 0 Å². The molecular formula is C16H26N4O. The van der Waals surface area contributed by atoms with Gasteiger partial charge in [0.15, 0.2) is 5.69 Å². The van der Waals surface area contributed by atoms with Crippen LogP contribution in [-0.2, 0) is 0 Å². The molecule has 0 aliphatic heterocycles. The lowest BCUT2D eigenvalue weighted by Gasteiger charge is -2.28. The van der Waals surface area contributed by atoms with Gasteiger partial charge in [-0.15, -0.1) is 0 Å². The second-order valence-electron chi connectivity index (χ2n) is 6.80. The van der Waals surface area contributed by atoms with Gasteiger partial charge in [-0.05, 0) is 18.3 Å². The largest absolute Gasteiger partial charge is 0.385 e. The van der Waals surface area contributed by atoms with Crippen molar-refractivity contribution in [3.63, 3.8) is 0 Å². The Labute approximate surface area is 127 Å². The second kappa shape index (κ2) is 6.00. The van der Waals surface area contributed by atoms with Gasteiger partial charge in [0.05, 0.1) is 11.9 Å². The third-order valence-corrected chi connectivity index (χ3v) is 4.37. The summed E-state index contributed by atoms with van der Waals surface area (Å²) in [6, 6.07) is 0.215. The van der Waals surface area contributed by atoms with Crippen LogP contribution >= 0.6 is 0 Å². The Hall–Kier alpha value is -1.65. The lowest BCUT2D eigenvalue weighted by molar-refractivity contribution is 0.0905. The average Bonchev–Trinajstić information content (AvgIpc) is 2.77. The van der Waals surface area contributed by atoms with Gasteiger partial charge < -0.3 is 10.6 Å². The van der Waals surface area contributed by atoms with Crippen molar-refractivity contribution in [2.24, 2.45) is 5.41 Å². The number of hydrogen-bond donors (Lipinski definition) is 2. The molecule has 1 aliphatic carbocycles. The summed E-state index contributed by atoms with van der Waals surface area (Å²) in [6.45, 7) is 8.47. The van der Waals surface area contributed by atoms with Crippen LogP contribution in [0, 0.1) is 5.41 Å². The Morgan fingerprint density at radius 2 is 2.14 bits per heavy atom. The van der Waals surface area contributed by atoms with Crippen molar-refractivity contribution in [1.29, 1.82) is 0 Å². The van der Waals surface area contributed by atoms with Crippen molar-refractivity contribution < 1.29 is 4.79 Å². The Morgan fingerprint density at radius 3 is 2.67 bits per heavy atom. The highest BCUT2D eigenvalue weighted by Gasteiger charge is 2.36. The number of nitrogens with zero attached hydrogens (tertiary/aromatic N) is 2. The zero-order valence-corrected chi connectivity index (χ0v) is 13.7. The molecule has 0 bridgehead atoms. The SMILES string of the molecule is CNc1cnc(C(C)C)nc1C(=O)NC1CCCC1(C)C. The topological polar surface area (TPSA) is 66.9 Å². The predicted octanol–water partition coefficient (Wildman–Crippen LogP) is 2.95. The van der Waals surface area contributed by atoms with Gasteiger partial charge in [-0.25, -0.2) is 9.97 Å². The molecule has 1 fully saturated rings. The molecule has 1 amide bonds. The van der Waals surface area contributed by atoms with E-state index in [2.05, 4.69) is 34.4 Å². The fraction of sp³-hybridized carbons (Fsp3) is 0.688. The molecule has 1 aliphatic rings. The highest BCUT2D eigenvalue weighted by molar-refractivity contribution is 5.97. The number of carbonyl (C=O) groups excluding carboxylic acids is 1. The number of rotatable bonds is 4. The van der Waals surface area contributed by atoms with Gasteiger partial charge in [0.1, 0.15) is 5.82 Å². The third-order valence-electron chi connectivity index (χ3n) is 4.37. The lowest BCUT2D eigenvalue weighted by atomic mass is 9.87. The highest BCUT2D eigenvalue weighted by Crippen LogP contribution is 2.37. The fourth-order valence-corrected chi connectivity index (χ4v) is 2.85. The Kier molecular flexibility index (Phi) is 4.49. The minimum absolute atomic E-state index is 0.108. The number of amides is 1. The van der Waals surface area contributed by atoms with Gasteiger partial charge in [0.2, 0.25) is 0 Å². The van der Waals surface area contributed by atoms with Crippen LogP contribution in [0.2, 0.25) is 0 Å². The van der Waals surface area contributed by atoms with Crippen molar-refractivity contribution in [2.45, 2.75) is 58.9 Å². The molecule has 0 aromatic carbocycles. The lowest BCUT2D eigenvalue weighted by Crippen LogP contribution is -2.42. The van der Waals surface area contributed by atoms with Gasteiger partial charge in [0.25, 0.3) is 5.91 Å². The van der Waals surface area contributed by atoms with Crippen molar-refractivity contribution >= 4 is 11.6 Å². The molecule has 1 aromatic heterocycles. The van der Waals surface area contributed by atoms with E-state index in [9.17, 15) is 4.79 Å². The first-order chi connectivity index (χ1) is 9.85. The van der Waals surface area contributed by atoms with E-state index < -0.39 is 0 Å². The van der Waals surface area contributed by atoms with Crippen molar-refractivity contribution in [3.8, 4) is 0 Å². The maximum absolute atomic E-state index is 12.6. The summed E-state index contributed by atoms with van der Waals surface area (Å²) in [5, 5.41) is 6.16. The van der Waals surface area contributed by atoms with Crippen LogP contribution in [0.4, 0.5) is 5.69 Å². The average molecular weight is 290 g/mol. The van der Waals surface area contributed by atoms with E-state index in [1.165, 1.54) is 0 Å². The van der Waals surface area contributed by atoms with Crippen LogP contribution in [0.5, 0.6) is 0 Å². The van der Waals surface area contributed by atoms with Crippen LogP contribution in [0.15, 0.2) is 6.20 Å². The standard InChI is InChI=1S/C16H26N4O/c1-10(2)14-18-9-11(17-5)13(20-14)15(21)19-12-7-6-8-16(12,3)4/h9-10,12,17H,6-8H2,1-5H3,(H,19,21). The summed E-state index contributed by atoms with van der Waals surface area (Å²) in [4.78, 5) is 21.3. The molecule has 1 aromatic rings. The molecule has 5 heteroatoms.